The summed E-state index contributed by atoms with van der Waals surface area (Å²) in [6.07, 6.45) is 0.566. The van der Waals surface area contributed by atoms with Crippen LogP contribution in [-0.4, -0.2) is 24.7 Å². The van der Waals surface area contributed by atoms with Crippen LogP contribution >= 0.6 is 0 Å². The second-order valence-corrected chi connectivity index (χ2v) is 3.17. The number of benzene rings is 1. The van der Waals surface area contributed by atoms with Gasteiger partial charge in [0.1, 0.15) is 11.4 Å². The van der Waals surface area contributed by atoms with Gasteiger partial charge < -0.3 is 15.7 Å². The van der Waals surface area contributed by atoms with Crippen LogP contribution in [0, 0.1) is 4.91 Å². The lowest BCUT2D eigenvalue weighted by Crippen LogP contribution is -2.33. The van der Waals surface area contributed by atoms with Crippen LogP contribution in [0.2, 0.25) is 0 Å². The van der Waals surface area contributed by atoms with Crippen LogP contribution in [0.15, 0.2) is 23.4 Å². The molecule has 0 aliphatic carbocycles. The highest BCUT2D eigenvalue weighted by molar-refractivity contribution is 5.73. The molecule has 0 radical (unpaired) electrons. The zero-order valence-electron chi connectivity index (χ0n) is 8.86. The first-order valence-corrected chi connectivity index (χ1v) is 4.78. The van der Waals surface area contributed by atoms with Gasteiger partial charge in [-0.25, -0.2) is 4.79 Å². The first-order valence-electron chi connectivity index (χ1n) is 4.78. The topological polar surface area (TPSA) is 90.8 Å². The van der Waals surface area contributed by atoms with Gasteiger partial charge in [-0.2, -0.15) is 0 Å². The average Bonchev–Trinajstić information content (AvgIpc) is 2.31. The van der Waals surface area contributed by atoms with Gasteiger partial charge in [0.25, 0.3) is 0 Å². The molecule has 16 heavy (non-hydrogen) atoms. The van der Waals surface area contributed by atoms with E-state index in [-0.39, 0.29) is 17.5 Å². The third-order valence-corrected chi connectivity index (χ3v) is 2.06. The third-order valence-electron chi connectivity index (χ3n) is 2.06. The highest BCUT2D eigenvalue weighted by atomic mass is 16.3. The van der Waals surface area contributed by atoms with E-state index in [0.717, 1.165) is 5.56 Å². The average molecular weight is 223 g/mol. The summed E-state index contributed by atoms with van der Waals surface area (Å²) in [5.74, 6) is -0.141. The van der Waals surface area contributed by atoms with Crippen molar-refractivity contribution >= 4 is 11.7 Å². The second kappa shape index (κ2) is 5.69. The summed E-state index contributed by atoms with van der Waals surface area (Å²) in [4.78, 5) is 21.2. The van der Waals surface area contributed by atoms with E-state index in [9.17, 15) is 14.8 Å². The Morgan fingerprint density at radius 3 is 2.88 bits per heavy atom. The molecule has 1 rings (SSSR count). The van der Waals surface area contributed by atoms with Crippen molar-refractivity contribution in [2.45, 2.75) is 6.42 Å². The maximum Gasteiger partial charge on any atom is 0.314 e. The molecule has 1 aromatic rings. The van der Waals surface area contributed by atoms with Crippen LogP contribution < -0.4 is 10.6 Å². The van der Waals surface area contributed by atoms with Crippen LogP contribution in [0.25, 0.3) is 0 Å². The summed E-state index contributed by atoms with van der Waals surface area (Å²) in [5.41, 5.74) is 0.834. The monoisotopic (exact) mass is 223 g/mol. The molecule has 2 amide bonds. The summed E-state index contributed by atoms with van der Waals surface area (Å²) in [5, 5.41) is 16.9. The Hall–Kier alpha value is -2.11. The van der Waals surface area contributed by atoms with Gasteiger partial charge in [-0.1, -0.05) is 6.07 Å². The normalized spacial score (nSPS) is 9.56. The summed E-state index contributed by atoms with van der Waals surface area (Å²) in [7, 11) is 1.53. The molecule has 0 saturated carbocycles. The zero-order valence-corrected chi connectivity index (χ0v) is 8.86. The quantitative estimate of drug-likeness (QED) is 0.671. The van der Waals surface area contributed by atoms with Crippen LogP contribution in [-0.2, 0) is 6.42 Å². The highest BCUT2D eigenvalue weighted by Gasteiger charge is 2.03. The molecular formula is C10H13N3O3. The van der Waals surface area contributed by atoms with Crippen molar-refractivity contribution < 1.29 is 9.90 Å². The number of urea groups is 1. The fraction of sp³-hybridized carbons (Fsp3) is 0.300. The van der Waals surface area contributed by atoms with E-state index in [1.807, 2.05) is 0 Å². The van der Waals surface area contributed by atoms with E-state index >= 15 is 0 Å². The van der Waals surface area contributed by atoms with Crippen molar-refractivity contribution in [3.05, 3.63) is 28.7 Å². The molecule has 6 nitrogen and oxygen atoms in total. The maximum atomic E-state index is 10.8. The fourth-order valence-electron chi connectivity index (χ4n) is 1.21. The minimum atomic E-state index is -0.257. The van der Waals surface area contributed by atoms with E-state index in [2.05, 4.69) is 15.8 Å². The largest absolute Gasteiger partial charge is 0.506 e. The van der Waals surface area contributed by atoms with E-state index in [1.54, 1.807) is 6.07 Å². The predicted molar refractivity (Wildman–Crippen MR) is 59.7 cm³/mol. The molecule has 86 valence electrons. The zero-order chi connectivity index (χ0) is 12.0. The van der Waals surface area contributed by atoms with Gasteiger partial charge in [0.15, 0.2) is 0 Å². The number of aromatic hydroxyl groups is 1. The summed E-state index contributed by atoms with van der Waals surface area (Å²) >= 11 is 0. The van der Waals surface area contributed by atoms with Crippen molar-refractivity contribution in [3.63, 3.8) is 0 Å². The van der Waals surface area contributed by atoms with Crippen LogP contribution in [0.1, 0.15) is 5.56 Å². The number of nitrogens with zero attached hydrogens (tertiary/aromatic N) is 1. The lowest BCUT2D eigenvalue weighted by molar-refractivity contribution is 0.243. The van der Waals surface area contributed by atoms with Crippen LogP contribution in [0.4, 0.5) is 10.5 Å². The Morgan fingerprint density at radius 2 is 2.25 bits per heavy atom. The molecule has 3 N–H and O–H groups in total. The second-order valence-electron chi connectivity index (χ2n) is 3.17. The van der Waals surface area contributed by atoms with Crippen molar-refractivity contribution in [2.24, 2.45) is 5.18 Å². The molecule has 0 aliphatic heterocycles. The minimum absolute atomic E-state index is 0.0115. The van der Waals surface area contributed by atoms with Crippen molar-refractivity contribution in [3.8, 4) is 5.75 Å². The number of nitrogens with one attached hydrogen (secondary N) is 2. The number of carbonyl (C=O) groups is 1. The van der Waals surface area contributed by atoms with E-state index < -0.39 is 0 Å². The molecule has 6 heteroatoms. The molecule has 0 fully saturated rings. The van der Waals surface area contributed by atoms with E-state index in [0.29, 0.717) is 13.0 Å². The number of phenols is 1. The van der Waals surface area contributed by atoms with Crippen LogP contribution in [0.3, 0.4) is 0 Å². The van der Waals surface area contributed by atoms with Gasteiger partial charge in [-0.05, 0) is 29.3 Å². The van der Waals surface area contributed by atoms with Gasteiger partial charge in [0.2, 0.25) is 0 Å². The van der Waals surface area contributed by atoms with E-state index in [1.165, 1.54) is 19.2 Å². The lowest BCUT2D eigenvalue weighted by Gasteiger charge is -2.05. The predicted octanol–water partition coefficient (Wildman–Crippen LogP) is 1.26. The molecule has 0 spiro atoms. The number of nitroso groups, excluding NO2 is 1. The molecule has 0 aliphatic rings. The number of phenolic OH excluding ortho intramolecular Hbond substituents is 1. The van der Waals surface area contributed by atoms with Gasteiger partial charge in [0, 0.05) is 13.6 Å². The van der Waals surface area contributed by atoms with Gasteiger partial charge in [0.05, 0.1) is 0 Å². The molecule has 0 atom stereocenters. The summed E-state index contributed by atoms with van der Waals surface area (Å²) < 4.78 is 0. The standard InChI is InChI=1S/C10H13N3O3/c1-11-10(15)12-5-4-7-2-3-9(14)8(6-7)13-16/h2-3,6,14H,4-5H2,1H3,(H2,11,12,15). The van der Waals surface area contributed by atoms with Gasteiger partial charge in [-0.3, -0.25) is 0 Å². The Balaban J connectivity index is 2.54. The SMILES string of the molecule is CNC(=O)NCCc1ccc(O)c(N=O)c1. The maximum absolute atomic E-state index is 10.8. The van der Waals surface area contributed by atoms with Crippen molar-refractivity contribution in [2.75, 3.05) is 13.6 Å². The molecular weight excluding hydrogens is 210 g/mol. The van der Waals surface area contributed by atoms with Gasteiger partial charge >= 0.3 is 6.03 Å². The highest BCUT2D eigenvalue weighted by Crippen LogP contribution is 2.26. The molecule has 0 saturated heterocycles. The Kier molecular flexibility index (Phi) is 4.26. The molecule has 0 unspecified atom stereocenters. The smallest absolute Gasteiger partial charge is 0.314 e. The number of amides is 2. The summed E-state index contributed by atoms with van der Waals surface area (Å²) in [6, 6.07) is 4.32. The van der Waals surface area contributed by atoms with Gasteiger partial charge in [-0.15, -0.1) is 4.91 Å². The lowest BCUT2D eigenvalue weighted by atomic mass is 10.1. The number of hydrogen-bond donors (Lipinski definition) is 3. The van der Waals surface area contributed by atoms with Crippen LogP contribution in [0.5, 0.6) is 5.75 Å². The number of hydrogen-bond acceptors (Lipinski definition) is 4. The fourth-order valence-corrected chi connectivity index (χ4v) is 1.21. The summed E-state index contributed by atoms with van der Waals surface area (Å²) in [6.45, 7) is 0.447. The minimum Gasteiger partial charge on any atom is -0.506 e. The number of carbonyl (C=O) groups excluding carboxylic acids is 1. The first kappa shape index (κ1) is 12.0. The first-order chi connectivity index (χ1) is 7.67. The third kappa shape index (κ3) is 3.23. The van der Waals surface area contributed by atoms with Crippen molar-refractivity contribution in [1.82, 2.24) is 10.6 Å². The molecule has 0 heterocycles. The number of rotatable bonds is 4. The molecule has 0 aromatic heterocycles. The Morgan fingerprint density at radius 1 is 1.50 bits per heavy atom. The van der Waals surface area contributed by atoms with Crippen molar-refractivity contribution in [1.29, 1.82) is 0 Å². The molecule has 0 bridgehead atoms. The Labute approximate surface area is 92.6 Å². The molecule has 1 aromatic carbocycles. The Bertz CT molecular complexity index is 393. The van der Waals surface area contributed by atoms with E-state index in [4.69, 9.17) is 0 Å².